The molecule has 19 heavy (non-hydrogen) atoms. The Balaban J connectivity index is 3.04. The van der Waals surface area contributed by atoms with Gasteiger partial charge in [-0.1, -0.05) is 19.1 Å². The Morgan fingerprint density at radius 1 is 1.63 bits per heavy atom. The van der Waals surface area contributed by atoms with Gasteiger partial charge < -0.3 is 4.90 Å². The molecular formula is C15H23NO2S. The maximum atomic E-state index is 12.4. The summed E-state index contributed by atoms with van der Waals surface area (Å²) in [7, 11) is -5.10. The largest absolute Gasteiger partial charge is 0.303 e. The minimum Gasteiger partial charge on any atom is -0.303 e. The second-order valence-corrected chi connectivity index (χ2v) is 5.06. The van der Waals surface area contributed by atoms with E-state index in [2.05, 4.69) is 0 Å². The van der Waals surface area contributed by atoms with Gasteiger partial charge in [-0.05, 0) is 55.7 Å². The molecule has 0 amide bonds. The van der Waals surface area contributed by atoms with E-state index in [1.165, 1.54) is 0 Å². The topological polar surface area (TPSA) is 37.4 Å². The van der Waals surface area contributed by atoms with Gasteiger partial charge in [0.2, 0.25) is 0 Å². The normalized spacial score (nSPS) is 50.6. The maximum Gasteiger partial charge on any atom is 0.175 e. The Kier molecular flexibility index (Phi) is 1.37. The van der Waals surface area contributed by atoms with Crippen LogP contribution in [0.3, 0.4) is 0 Å². The molecule has 4 heteroatoms. The van der Waals surface area contributed by atoms with Gasteiger partial charge in [0.05, 0.1) is 4.90 Å². The van der Waals surface area contributed by atoms with Crippen molar-refractivity contribution in [2.24, 2.45) is 0 Å². The van der Waals surface area contributed by atoms with Crippen LogP contribution >= 0.6 is 0 Å². The van der Waals surface area contributed by atoms with Gasteiger partial charge in [-0.2, -0.15) is 0 Å². The average molecular weight is 298 g/mol. The highest BCUT2D eigenvalue weighted by Crippen LogP contribution is 2.28. The van der Waals surface area contributed by atoms with Crippen molar-refractivity contribution in [3.8, 4) is 0 Å². The molecule has 0 radical (unpaired) electrons. The summed E-state index contributed by atoms with van der Waals surface area (Å²) < 4.78 is 154. The molecule has 1 heterocycles. The Morgan fingerprint density at radius 3 is 3.21 bits per heavy atom. The minimum atomic E-state index is -5.10. The lowest BCUT2D eigenvalue weighted by Crippen LogP contribution is -2.34. The lowest BCUT2D eigenvalue weighted by molar-refractivity contribution is 0.208. The zero-order valence-electron chi connectivity index (χ0n) is 26.0. The lowest BCUT2D eigenvalue weighted by atomic mass is 9.90. The summed E-state index contributed by atoms with van der Waals surface area (Å²) in [6.07, 6.45) is -14.4. The molecule has 0 spiro atoms. The van der Waals surface area contributed by atoms with Crippen LogP contribution in [0.5, 0.6) is 0 Å². The second kappa shape index (κ2) is 6.06. The van der Waals surface area contributed by atoms with Crippen LogP contribution in [0, 0.1) is 0 Å². The van der Waals surface area contributed by atoms with Gasteiger partial charge in [0.15, 0.2) is 9.84 Å². The van der Waals surface area contributed by atoms with Gasteiger partial charge >= 0.3 is 0 Å². The van der Waals surface area contributed by atoms with E-state index in [0.717, 1.165) is 18.2 Å². The Labute approximate surface area is 139 Å². The number of likely N-dealkylation sites (tertiary alicyclic amines) is 1. The first kappa shape index (κ1) is 4.31. The molecule has 1 aliphatic rings. The zero-order valence-corrected chi connectivity index (χ0v) is 10.8. The van der Waals surface area contributed by atoms with Crippen molar-refractivity contribution in [1.82, 2.24) is 4.90 Å². The number of piperidine rings is 1. The summed E-state index contributed by atoms with van der Waals surface area (Å²) in [6, 6.07) is 2.87. The zero-order chi connectivity index (χ0) is 28.1. The third kappa shape index (κ3) is 3.80. The van der Waals surface area contributed by atoms with Crippen molar-refractivity contribution < 1.29 is 30.3 Å². The fourth-order valence-corrected chi connectivity index (χ4v) is 1.98. The van der Waals surface area contributed by atoms with Crippen molar-refractivity contribution in [3.63, 3.8) is 0 Å². The standard InChI is InChI=1S/C15H23NO2S/c1-3-9-16-10-5-7-14(12-16)13-6-4-8-15(11-13)19(2,17)18/h4,6,8,11,14H,3,5,7,9-10,12H2,1-2H3/i2D3,3D2,5D2,7D2,9D2,10D2,12D2,14D. The summed E-state index contributed by atoms with van der Waals surface area (Å²) >= 11 is 0. The minimum absolute atomic E-state index is 0.440. The molecule has 106 valence electrons. The highest BCUT2D eigenvalue weighted by atomic mass is 32.2. The van der Waals surface area contributed by atoms with Crippen molar-refractivity contribution in [1.29, 1.82) is 0 Å². The molecular weight excluding hydrogens is 258 g/mol. The number of hydrogen-bond donors (Lipinski definition) is 0. The van der Waals surface area contributed by atoms with E-state index in [0.29, 0.717) is 13.0 Å². The molecule has 0 bridgehead atoms. The van der Waals surface area contributed by atoms with E-state index < -0.39 is 75.9 Å². The number of sulfone groups is 1. The van der Waals surface area contributed by atoms with Gasteiger partial charge in [0, 0.05) is 34.6 Å². The average Bonchev–Trinajstić information content (AvgIpc) is 2.63. The predicted molar refractivity (Wildman–Crippen MR) is 78.3 cm³/mol. The summed E-state index contributed by atoms with van der Waals surface area (Å²) in [5, 5.41) is 0. The summed E-state index contributed by atoms with van der Waals surface area (Å²) in [5.74, 6) is -3.64. The van der Waals surface area contributed by atoms with Crippen LogP contribution < -0.4 is 0 Å². The molecule has 1 aromatic rings. The van der Waals surface area contributed by atoms with Crippen molar-refractivity contribution in [2.45, 2.75) is 36.8 Å². The highest BCUT2D eigenvalue weighted by Gasteiger charge is 2.21. The molecule has 1 atom stereocenters. The molecule has 0 aromatic heterocycles. The molecule has 0 saturated carbocycles. The summed E-state index contributed by atoms with van der Waals surface area (Å²) in [5.41, 5.74) is -0.935. The first-order valence-corrected chi connectivity index (χ1v) is 6.72. The fraction of sp³-hybridized carbons (Fsp3) is 0.600. The highest BCUT2D eigenvalue weighted by molar-refractivity contribution is 7.90. The fourth-order valence-electron chi connectivity index (χ4n) is 1.44. The van der Waals surface area contributed by atoms with E-state index in [-0.39, 0.29) is 0 Å². The van der Waals surface area contributed by atoms with Crippen LogP contribution in [0.1, 0.15) is 59.4 Å². The van der Waals surface area contributed by atoms with E-state index in [4.69, 9.17) is 21.9 Å². The van der Waals surface area contributed by atoms with Crippen molar-refractivity contribution in [2.75, 3.05) is 25.7 Å². The summed E-state index contributed by atoms with van der Waals surface area (Å²) in [6.45, 7) is -10.8. The predicted octanol–water partition coefficient (Wildman–Crippen LogP) is 2.68. The summed E-state index contributed by atoms with van der Waals surface area (Å²) in [4.78, 5) is -1.51. The Bertz CT molecular complexity index is 1110. The van der Waals surface area contributed by atoms with Gasteiger partial charge in [0.25, 0.3) is 0 Å². The number of nitrogens with zero attached hydrogens (tertiary/aromatic N) is 1. The molecule has 1 saturated heterocycles. The first-order chi connectivity index (χ1) is 15.1. The van der Waals surface area contributed by atoms with Gasteiger partial charge in [-0.25, -0.2) is 8.42 Å². The van der Waals surface area contributed by atoms with Gasteiger partial charge in [-0.15, -0.1) is 0 Å². The molecule has 0 aliphatic carbocycles. The first-order valence-electron chi connectivity index (χ1n) is 13.2. The van der Waals surface area contributed by atoms with Crippen molar-refractivity contribution in [3.05, 3.63) is 29.8 Å². The molecule has 3 nitrogen and oxygen atoms in total. The van der Waals surface area contributed by atoms with Crippen LogP contribution in [0.25, 0.3) is 0 Å². The van der Waals surface area contributed by atoms with Crippen molar-refractivity contribution >= 4 is 9.84 Å². The van der Waals surface area contributed by atoms with Crippen LogP contribution in [-0.2, 0) is 9.84 Å². The third-order valence-electron chi connectivity index (χ3n) is 2.24. The van der Waals surface area contributed by atoms with E-state index in [1.807, 2.05) is 0 Å². The number of benzene rings is 1. The monoisotopic (exact) mass is 297 g/mol. The van der Waals surface area contributed by atoms with Crippen LogP contribution in [-0.4, -0.2) is 39.0 Å². The Morgan fingerprint density at radius 2 is 2.47 bits per heavy atom. The van der Waals surface area contributed by atoms with E-state index in [1.54, 1.807) is 0 Å². The third-order valence-corrected chi connectivity index (χ3v) is 3.11. The quantitative estimate of drug-likeness (QED) is 0.857. The molecule has 1 aliphatic heterocycles. The molecule has 1 aromatic carbocycles. The smallest absolute Gasteiger partial charge is 0.175 e. The van der Waals surface area contributed by atoms with Gasteiger partial charge in [-0.3, -0.25) is 0 Å². The molecule has 0 N–H and O–H groups in total. The lowest BCUT2D eigenvalue weighted by Gasteiger charge is -2.32. The maximum absolute atomic E-state index is 12.4. The molecule has 1 fully saturated rings. The number of hydrogen-bond acceptors (Lipinski definition) is 3. The van der Waals surface area contributed by atoms with Crippen LogP contribution in [0.2, 0.25) is 0 Å². The molecule has 1 unspecified atom stereocenters. The van der Waals surface area contributed by atoms with Gasteiger partial charge in [0.1, 0.15) is 0 Å². The van der Waals surface area contributed by atoms with E-state index >= 15 is 0 Å². The van der Waals surface area contributed by atoms with E-state index in [9.17, 15) is 8.42 Å². The molecule has 2 rings (SSSR count). The van der Waals surface area contributed by atoms with Crippen LogP contribution in [0.15, 0.2) is 29.2 Å². The number of rotatable bonds is 4. The second-order valence-electron chi connectivity index (χ2n) is 3.58. The van der Waals surface area contributed by atoms with Crippen LogP contribution in [0.4, 0.5) is 0 Å². The Hall–Kier alpha value is -0.870. The SMILES string of the molecule is [2H]C([2H])(C)C([2H])([2H])N1C([2H])([2H])C([2H])([2H])C([2H])([2H])C([2H])(c2cccc(S(=O)(=O)C([2H])([2H])[2H])c2)C1([2H])[2H].